The van der Waals surface area contributed by atoms with E-state index in [1.807, 2.05) is 31.2 Å². The minimum absolute atomic E-state index is 0.0961. The van der Waals surface area contributed by atoms with Crippen LogP contribution in [0.3, 0.4) is 0 Å². The van der Waals surface area contributed by atoms with Gasteiger partial charge in [-0.1, -0.05) is 81.4 Å². The Labute approximate surface area is 277 Å². The van der Waals surface area contributed by atoms with Gasteiger partial charge in [0, 0.05) is 5.92 Å². The molecule has 0 bridgehead atoms. The van der Waals surface area contributed by atoms with Crippen LogP contribution in [0.4, 0.5) is 13.2 Å². The van der Waals surface area contributed by atoms with Crippen LogP contribution in [0.25, 0.3) is 0 Å². The van der Waals surface area contributed by atoms with Gasteiger partial charge in [0.05, 0.1) is 39.1 Å². The van der Waals surface area contributed by atoms with Gasteiger partial charge in [-0.15, -0.1) is 0 Å². The smallest absolute Gasteiger partial charge is 0.497 e. The highest BCUT2D eigenvalue weighted by molar-refractivity contribution is 7.87. The second-order valence-corrected chi connectivity index (χ2v) is 26.7. The van der Waals surface area contributed by atoms with E-state index in [-0.39, 0.29) is 40.8 Å². The van der Waals surface area contributed by atoms with Crippen LogP contribution < -0.4 is 4.74 Å². The maximum absolute atomic E-state index is 13.4. The highest BCUT2D eigenvalue weighted by Gasteiger charge is 2.55. The van der Waals surface area contributed by atoms with Crippen molar-refractivity contribution in [1.82, 2.24) is 0 Å². The first-order valence-electron chi connectivity index (χ1n) is 16.1. The molecule has 8 nitrogen and oxygen atoms in total. The van der Waals surface area contributed by atoms with Crippen molar-refractivity contribution in [3.8, 4) is 5.75 Å². The monoisotopic (exact) mass is 714 g/mol. The van der Waals surface area contributed by atoms with E-state index >= 15 is 0 Å². The van der Waals surface area contributed by atoms with Crippen LogP contribution in [0, 0.1) is 5.92 Å². The predicted octanol–water partition coefficient (Wildman–Crippen LogP) is 8.43. The third-order valence-electron chi connectivity index (χ3n) is 9.88. The Morgan fingerprint density at radius 1 is 0.870 bits per heavy atom. The van der Waals surface area contributed by atoms with E-state index in [1.165, 1.54) is 0 Å². The summed E-state index contributed by atoms with van der Waals surface area (Å²) in [5.74, 6) is 0.374. The first-order chi connectivity index (χ1) is 20.9. The summed E-state index contributed by atoms with van der Waals surface area (Å²) in [5, 5.41) is -0.0961. The van der Waals surface area contributed by atoms with E-state index in [0.717, 1.165) is 5.56 Å². The molecule has 0 aromatic heterocycles. The van der Waals surface area contributed by atoms with Crippen LogP contribution in [0.1, 0.15) is 74.8 Å². The Balaban J connectivity index is 2.63. The van der Waals surface area contributed by atoms with Gasteiger partial charge in [-0.05, 0) is 52.5 Å². The van der Waals surface area contributed by atoms with E-state index in [4.69, 9.17) is 23.1 Å². The average Bonchev–Trinajstić information content (AvgIpc) is 2.92. The molecule has 5 atom stereocenters. The number of alkyl halides is 3. The number of hydrogen-bond acceptors (Lipinski definition) is 8. The van der Waals surface area contributed by atoms with Crippen molar-refractivity contribution < 1.29 is 48.8 Å². The van der Waals surface area contributed by atoms with E-state index in [9.17, 15) is 21.6 Å². The van der Waals surface area contributed by atoms with Crippen molar-refractivity contribution in [3.05, 3.63) is 29.8 Å². The zero-order valence-electron chi connectivity index (χ0n) is 29.9. The Kier molecular flexibility index (Phi) is 14.0. The summed E-state index contributed by atoms with van der Waals surface area (Å²) in [6, 6.07) is 7.40. The molecular weight excluding hydrogens is 658 g/mol. The third-order valence-corrected chi connectivity index (χ3v) is 21.5. The summed E-state index contributed by atoms with van der Waals surface area (Å²) in [4.78, 5) is 0. The highest BCUT2D eigenvalue weighted by atomic mass is 32.2. The number of benzene rings is 1. The molecule has 0 aliphatic carbocycles. The minimum Gasteiger partial charge on any atom is -0.497 e. The Hall–Kier alpha value is -1.01. The van der Waals surface area contributed by atoms with Crippen molar-refractivity contribution in [2.75, 3.05) is 20.3 Å². The SMILES string of the molecule is COc1ccc(CO[C@@H]2[C@@H](C)[C@H](CO[Si](C)(C)C(C)(C)C)O[C@H](COS(=O)(=O)C(F)(F)F)[C@H]2O[Si](C(C)C)(C(C)C)C(C)C)cc1. The van der Waals surface area contributed by atoms with Crippen molar-refractivity contribution in [2.45, 2.75) is 141 Å². The maximum Gasteiger partial charge on any atom is 0.523 e. The normalized spacial score (nSPS) is 23.8. The molecule has 1 fully saturated rings. The zero-order valence-corrected chi connectivity index (χ0v) is 32.7. The zero-order chi connectivity index (χ0) is 35.5. The fraction of sp³-hybridized carbons (Fsp3) is 0.812. The lowest BCUT2D eigenvalue weighted by Gasteiger charge is -2.52. The Morgan fingerprint density at radius 3 is 1.83 bits per heavy atom. The molecule has 0 radical (unpaired) electrons. The van der Waals surface area contributed by atoms with Gasteiger partial charge in [0.2, 0.25) is 8.32 Å². The molecule has 0 N–H and O–H groups in total. The van der Waals surface area contributed by atoms with E-state index in [1.54, 1.807) is 7.11 Å². The summed E-state index contributed by atoms with van der Waals surface area (Å²) in [6.07, 6.45) is -3.37. The van der Waals surface area contributed by atoms with E-state index < -0.39 is 63.3 Å². The van der Waals surface area contributed by atoms with Gasteiger partial charge in [-0.2, -0.15) is 21.6 Å². The first-order valence-corrected chi connectivity index (χ1v) is 22.5. The lowest BCUT2D eigenvalue weighted by molar-refractivity contribution is -0.221. The molecular formula is C32H57F3O8SSi2. The van der Waals surface area contributed by atoms with E-state index in [2.05, 4.69) is 79.6 Å². The van der Waals surface area contributed by atoms with Crippen LogP contribution in [0.15, 0.2) is 24.3 Å². The molecule has 1 aliphatic rings. The molecule has 1 saturated heterocycles. The molecule has 46 heavy (non-hydrogen) atoms. The summed E-state index contributed by atoms with van der Waals surface area (Å²) in [7, 11) is -9.23. The quantitative estimate of drug-likeness (QED) is 0.102. The van der Waals surface area contributed by atoms with Gasteiger partial charge in [0.25, 0.3) is 0 Å². The molecule has 268 valence electrons. The lowest BCUT2D eigenvalue weighted by atomic mass is 9.88. The second-order valence-electron chi connectivity index (χ2n) is 14.9. The summed E-state index contributed by atoms with van der Waals surface area (Å²) < 4.78 is 101. The molecule has 0 amide bonds. The lowest BCUT2D eigenvalue weighted by Crippen LogP contribution is -2.63. The Bertz CT molecular complexity index is 1180. The highest BCUT2D eigenvalue weighted by Crippen LogP contribution is 2.46. The summed E-state index contributed by atoms with van der Waals surface area (Å²) in [6.45, 7) is 24.6. The second kappa shape index (κ2) is 15.7. The van der Waals surface area contributed by atoms with Crippen LogP contribution >= 0.6 is 0 Å². The fourth-order valence-corrected chi connectivity index (χ4v) is 13.2. The van der Waals surface area contributed by atoms with Gasteiger partial charge in [0.15, 0.2) is 8.32 Å². The predicted molar refractivity (Wildman–Crippen MR) is 179 cm³/mol. The van der Waals surface area contributed by atoms with Gasteiger partial charge in [0.1, 0.15) is 18.0 Å². The van der Waals surface area contributed by atoms with Crippen molar-refractivity contribution in [1.29, 1.82) is 0 Å². The number of methoxy groups -OCH3 is 1. The van der Waals surface area contributed by atoms with Crippen molar-refractivity contribution in [2.24, 2.45) is 5.92 Å². The number of halogens is 3. The average molecular weight is 715 g/mol. The fourth-order valence-electron chi connectivity index (χ4n) is 6.15. The Morgan fingerprint density at radius 2 is 1.39 bits per heavy atom. The van der Waals surface area contributed by atoms with Crippen LogP contribution in [-0.4, -0.2) is 75.3 Å². The third kappa shape index (κ3) is 9.57. The van der Waals surface area contributed by atoms with Crippen LogP contribution in [-0.2, 0) is 39.2 Å². The molecule has 14 heteroatoms. The topological polar surface area (TPSA) is 89.5 Å². The molecule has 0 spiro atoms. The van der Waals surface area contributed by atoms with Crippen LogP contribution in [0.2, 0.25) is 34.8 Å². The summed E-state index contributed by atoms with van der Waals surface area (Å²) in [5.41, 5.74) is -4.33. The molecule has 1 aromatic rings. The molecule has 1 heterocycles. The van der Waals surface area contributed by atoms with Crippen molar-refractivity contribution >= 4 is 26.8 Å². The van der Waals surface area contributed by atoms with Gasteiger partial charge < -0.3 is 23.1 Å². The standard InChI is InChI=1S/C32H57F3O8SSi2/c1-21(2)46(22(3)4,23(5)6)43-30-28(19-40-44(36,37)32(33,34)35)42-27(20-41-45(12,13)31(8,9)10)24(7)29(30)39-18-25-14-16-26(38-11)17-15-25/h14-17,21-24,27-30H,18-20H2,1-13H3/t24-,27-,28+,29+,30+/m0/s1. The van der Waals surface area contributed by atoms with Gasteiger partial charge in [-0.25, -0.2) is 0 Å². The van der Waals surface area contributed by atoms with Gasteiger partial charge >= 0.3 is 15.6 Å². The first kappa shape index (κ1) is 41.2. The number of hydrogen-bond donors (Lipinski definition) is 0. The molecule has 0 saturated carbocycles. The van der Waals surface area contributed by atoms with E-state index in [0.29, 0.717) is 5.75 Å². The maximum atomic E-state index is 13.4. The molecule has 1 aliphatic heterocycles. The minimum atomic E-state index is -5.88. The van der Waals surface area contributed by atoms with Crippen molar-refractivity contribution in [3.63, 3.8) is 0 Å². The number of rotatable bonds is 15. The molecule has 0 unspecified atom stereocenters. The van der Waals surface area contributed by atoms with Crippen LogP contribution in [0.5, 0.6) is 5.75 Å². The largest absolute Gasteiger partial charge is 0.523 e. The number of ether oxygens (including phenoxy) is 3. The molecule has 2 rings (SSSR count). The summed E-state index contributed by atoms with van der Waals surface area (Å²) >= 11 is 0. The van der Waals surface area contributed by atoms with Gasteiger partial charge in [-0.3, -0.25) is 4.18 Å². The molecule has 1 aromatic carbocycles.